The average Bonchev–Trinajstić information content (AvgIpc) is 3.05. The topological polar surface area (TPSA) is 78.6 Å². The van der Waals surface area contributed by atoms with Gasteiger partial charge in [-0.1, -0.05) is 5.16 Å². The lowest BCUT2D eigenvalue weighted by Gasteiger charge is -2.19. The zero-order valence-corrected chi connectivity index (χ0v) is 15.9. The minimum atomic E-state index is -4.16. The molecule has 2 heterocycles. The van der Waals surface area contributed by atoms with E-state index in [1.54, 1.807) is 14.0 Å². The highest BCUT2D eigenvalue weighted by atomic mass is 127. The Bertz CT molecular complexity index is 536. The second-order valence-corrected chi connectivity index (χ2v) is 5.46. The Balaban J connectivity index is 0.00000288. The van der Waals surface area contributed by atoms with Gasteiger partial charge in [0.1, 0.15) is 0 Å². The predicted molar refractivity (Wildman–Crippen MR) is 93.6 cm³/mol. The number of likely N-dealkylation sites (tertiary alicyclic amines) is 1. The summed E-state index contributed by atoms with van der Waals surface area (Å²) in [4.78, 5) is 9.56. The first-order chi connectivity index (χ1) is 10.9. The van der Waals surface area contributed by atoms with Crippen LogP contribution in [0.5, 0.6) is 0 Å². The Morgan fingerprint density at radius 3 is 2.79 bits per heavy atom. The van der Waals surface area contributed by atoms with Gasteiger partial charge in [-0.2, -0.15) is 18.2 Å². The van der Waals surface area contributed by atoms with Crippen LogP contribution >= 0.6 is 24.0 Å². The zero-order chi connectivity index (χ0) is 16.9. The molecule has 1 aliphatic heterocycles. The van der Waals surface area contributed by atoms with Gasteiger partial charge in [0.25, 0.3) is 0 Å². The smallest absolute Gasteiger partial charge is 0.356 e. The molecular formula is C13H22F3IN6O. The van der Waals surface area contributed by atoms with Crippen molar-refractivity contribution in [3.05, 3.63) is 11.7 Å². The van der Waals surface area contributed by atoms with Crippen LogP contribution in [-0.4, -0.2) is 66.4 Å². The van der Waals surface area contributed by atoms with E-state index in [4.69, 9.17) is 4.52 Å². The van der Waals surface area contributed by atoms with E-state index in [9.17, 15) is 13.2 Å². The van der Waals surface area contributed by atoms with Crippen molar-refractivity contribution >= 4 is 29.9 Å². The number of guanidine groups is 1. The first-order valence-electron chi connectivity index (χ1n) is 7.41. The van der Waals surface area contributed by atoms with Crippen LogP contribution in [0, 0.1) is 6.92 Å². The van der Waals surface area contributed by atoms with Crippen LogP contribution in [0.15, 0.2) is 9.52 Å². The molecule has 7 nitrogen and oxygen atoms in total. The van der Waals surface area contributed by atoms with E-state index in [1.807, 2.05) is 0 Å². The number of nitrogens with one attached hydrogen (secondary N) is 2. The summed E-state index contributed by atoms with van der Waals surface area (Å²) in [6, 6.07) is -0.0470. The van der Waals surface area contributed by atoms with Gasteiger partial charge in [0.05, 0.1) is 6.54 Å². The molecule has 1 aromatic heterocycles. The van der Waals surface area contributed by atoms with Crippen LogP contribution in [0.2, 0.25) is 0 Å². The summed E-state index contributed by atoms with van der Waals surface area (Å²) >= 11 is 0. The highest BCUT2D eigenvalue weighted by molar-refractivity contribution is 14.0. The Hall–Kier alpha value is -1.11. The van der Waals surface area contributed by atoms with E-state index >= 15 is 0 Å². The molecule has 2 N–H and O–H groups in total. The maximum atomic E-state index is 12.4. The molecule has 24 heavy (non-hydrogen) atoms. The standard InChI is InChI=1S/C13H21F3N6O.HI/c1-9-19-11(23-21-9)3-5-18-12(17-2)20-10-4-6-22(7-10)8-13(14,15)16;/h10H,3-8H2,1-2H3,(H2,17,18,20);1H. The van der Waals surface area contributed by atoms with Gasteiger partial charge in [0.15, 0.2) is 11.8 Å². The second kappa shape index (κ2) is 9.39. The number of hydrogen-bond acceptors (Lipinski definition) is 5. The number of aromatic nitrogens is 2. The van der Waals surface area contributed by atoms with E-state index in [0.717, 1.165) is 0 Å². The first-order valence-corrected chi connectivity index (χ1v) is 7.41. The second-order valence-electron chi connectivity index (χ2n) is 5.46. The van der Waals surface area contributed by atoms with Crippen molar-refractivity contribution < 1.29 is 17.7 Å². The quantitative estimate of drug-likeness (QED) is 0.391. The number of aryl methyl sites for hydroxylation is 1. The van der Waals surface area contributed by atoms with Crippen molar-refractivity contribution in [2.75, 3.05) is 33.2 Å². The molecule has 0 aliphatic carbocycles. The lowest BCUT2D eigenvalue weighted by molar-refractivity contribution is -0.143. The molecule has 0 bridgehead atoms. The lowest BCUT2D eigenvalue weighted by Crippen LogP contribution is -2.45. The summed E-state index contributed by atoms with van der Waals surface area (Å²) < 4.78 is 42.1. The van der Waals surface area contributed by atoms with Crippen LogP contribution in [-0.2, 0) is 6.42 Å². The summed E-state index contributed by atoms with van der Waals surface area (Å²) in [5.41, 5.74) is 0. The van der Waals surface area contributed by atoms with Gasteiger partial charge in [-0.15, -0.1) is 24.0 Å². The Morgan fingerprint density at radius 2 is 2.21 bits per heavy atom. The van der Waals surface area contributed by atoms with Crippen LogP contribution in [0.25, 0.3) is 0 Å². The van der Waals surface area contributed by atoms with Crippen molar-refractivity contribution in [3.63, 3.8) is 0 Å². The lowest BCUT2D eigenvalue weighted by atomic mass is 10.3. The fraction of sp³-hybridized carbons (Fsp3) is 0.769. The summed E-state index contributed by atoms with van der Waals surface area (Å²) in [6.07, 6.45) is -2.96. The van der Waals surface area contributed by atoms with Crippen LogP contribution in [0.4, 0.5) is 13.2 Å². The number of halogens is 4. The molecule has 2 rings (SSSR count). The third kappa shape index (κ3) is 7.20. The molecule has 11 heteroatoms. The van der Waals surface area contributed by atoms with Crippen molar-refractivity contribution in [2.24, 2.45) is 4.99 Å². The Labute approximate surface area is 155 Å². The molecule has 1 fully saturated rings. The number of rotatable bonds is 5. The molecule has 0 saturated carbocycles. The number of nitrogens with zero attached hydrogens (tertiary/aromatic N) is 4. The third-order valence-corrected chi connectivity index (χ3v) is 3.44. The monoisotopic (exact) mass is 462 g/mol. The Kier molecular flexibility index (Phi) is 8.19. The normalized spacial score (nSPS) is 19.2. The van der Waals surface area contributed by atoms with Gasteiger partial charge in [0.2, 0.25) is 5.89 Å². The number of hydrogen-bond donors (Lipinski definition) is 2. The van der Waals surface area contributed by atoms with Crippen molar-refractivity contribution in [2.45, 2.75) is 32.0 Å². The molecule has 1 aliphatic rings. The van der Waals surface area contributed by atoms with E-state index < -0.39 is 12.7 Å². The van der Waals surface area contributed by atoms with Gasteiger partial charge in [-0.3, -0.25) is 9.89 Å². The van der Waals surface area contributed by atoms with Gasteiger partial charge in [-0.05, 0) is 13.3 Å². The minimum absolute atomic E-state index is 0. The highest BCUT2D eigenvalue weighted by Gasteiger charge is 2.34. The maximum absolute atomic E-state index is 12.4. The third-order valence-electron chi connectivity index (χ3n) is 3.44. The first kappa shape index (κ1) is 20.9. The summed E-state index contributed by atoms with van der Waals surface area (Å²) in [6.45, 7) is 2.19. The van der Waals surface area contributed by atoms with Crippen molar-refractivity contribution in [1.29, 1.82) is 0 Å². The van der Waals surface area contributed by atoms with Gasteiger partial charge >= 0.3 is 6.18 Å². The number of aliphatic imine (C=N–C) groups is 1. The van der Waals surface area contributed by atoms with E-state index in [1.165, 1.54) is 4.90 Å². The van der Waals surface area contributed by atoms with E-state index in [2.05, 4.69) is 25.8 Å². The van der Waals surface area contributed by atoms with Crippen LogP contribution in [0.3, 0.4) is 0 Å². The fourth-order valence-corrected chi connectivity index (χ4v) is 2.47. The minimum Gasteiger partial charge on any atom is -0.356 e. The van der Waals surface area contributed by atoms with E-state index in [-0.39, 0.29) is 30.0 Å². The maximum Gasteiger partial charge on any atom is 0.401 e. The average molecular weight is 462 g/mol. The summed E-state index contributed by atoms with van der Waals surface area (Å²) in [5.74, 6) is 1.67. The SMILES string of the molecule is CN=C(NCCc1nc(C)no1)NC1CCN(CC(F)(F)F)C1.I. The molecule has 1 atom stereocenters. The van der Waals surface area contributed by atoms with Crippen LogP contribution in [0.1, 0.15) is 18.1 Å². The van der Waals surface area contributed by atoms with Gasteiger partial charge in [-0.25, -0.2) is 0 Å². The van der Waals surface area contributed by atoms with Crippen LogP contribution < -0.4 is 10.6 Å². The number of alkyl halides is 3. The fourth-order valence-electron chi connectivity index (χ4n) is 2.47. The zero-order valence-electron chi connectivity index (χ0n) is 13.6. The molecule has 1 aromatic rings. The molecule has 1 saturated heterocycles. The highest BCUT2D eigenvalue weighted by Crippen LogP contribution is 2.19. The molecule has 0 amide bonds. The Morgan fingerprint density at radius 1 is 1.46 bits per heavy atom. The molecule has 0 radical (unpaired) electrons. The van der Waals surface area contributed by atoms with Gasteiger partial charge in [0, 0.05) is 39.1 Å². The summed E-state index contributed by atoms with van der Waals surface area (Å²) in [7, 11) is 1.62. The largest absolute Gasteiger partial charge is 0.401 e. The molecular weight excluding hydrogens is 440 g/mol. The summed E-state index contributed by atoms with van der Waals surface area (Å²) in [5, 5.41) is 9.92. The van der Waals surface area contributed by atoms with Crippen molar-refractivity contribution in [1.82, 2.24) is 25.7 Å². The molecule has 0 spiro atoms. The molecule has 138 valence electrons. The van der Waals surface area contributed by atoms with E-state index in [0.29, 0.717) is 50.2 Å². The van der Waals surface area contributed by atoms with Crippen molar-refractivity contribution in [3.8, 4) is 0 Å². The van der Waals surface area contributed by atoms with Gasteiger partial charge < -0.3 is 15.2 Å². The predicted octanol–water partition coefficient (Wildman–Crippen LogP) is 1.34. The molecule has 1 unspecified atom stereocenters. The molecule has 0 aromatic carbocycles.